The fourth-order valence-corrected chi connectivity index (χ4v) is 4.72. The van der Waals surface area contributed by atoms with Gasteiger partial charge in [-0.1, -0.05) is 29.8 Å². The van der Waals surface area contributed by atoms with E-state index in [9.17, 15) is 19.7 Å². The molecule has 0 saturated carbocycles. The van der Waals surface area contributed by atoms with Crippen LogP contribution in [0.25, 0.3) is 0 Å². The molecule has 8 nitrogen and oxygen atoms in total. The van der Waals surface area contributed by atoms with Gasteiger partial charge in [-0.05, 0) is 35.7 Å². The van der Waals surface area contributed by atoms with Gasteiger partial charge in [-0.25, -0.2) is 0 Å². The molecule has 0 unspecified atom stereocenters. The van der Waals surface area contributed by atoms with E-state index in [1.54, 1.807) is 54.4 Å². The molecule has 3 aromatic rings. The van der Waals surface area contributed by atoms with Crippen LogP contribution in [-0.4, -0.2) is 54.9 Å². The Hall–Kier alpha value is -3.43. The number of nitro groups is 1. The number of thiophene rings is 1. The molecule has 2 aromatic carbocycles. The van der Waals surface area contributed by atoms with Gasteiger partial charge in [0.05, 0.1) is 21.1 Å². The van der Waals surface area contributed by atoms with Gasteiger partial charge in [0.25, 0.3) is 17.5 Å². The second-order valence-electron chi connectivity index (χ2n) is 7.53. The first-order chi connectivity index (χ1) is 15.9. The monoisotopic (exact) mass is 484 g/mol. The molecular formula is C23H21ClN4O4S. The minimum Gasteiger partial charge on any atom is -0.362 e. The summed E-state index contributed by atoms with van der Waals surface area (Å²) in [4.78, 5) is 42.8. The third-order valence-corrected chi connectivity index (χ3v) is 6.67. The van der Waals surface area contributed by atoms with Crippen LogP contribution in [0.2, 0.25) is 5.02 Å². The van der Waals surface area contributed by atoms with Gasteiger partial charge >= 0.3 is 0 Å². The molecule has 0 N–H and O–H groups in total. The number of halogens is 1. The van der Waals surface area contributed by atoms with Crippen molar-refractivity contribution in [2.24, 2.45) is 0 Å². The first-order valence-corrected chi connectivity index (χ1v) is 11.5. The fourth-order valence-electron chi connectivity index (χ4n) is 3.85. The molecule has 1 aromatic heterocycles. The number of piperazine rings is 1. The molecule has 1 saturated heterocycles. The highest BCUT2D eigenvalue weighted by molar-refractivity contribution is 7.12. The zero-order valence-electron chi connectivity index (χ0n) is 17.8. The zero-order valence-corrected chi connectivity index (χ0v) is 19.4. The first kappa shape index (κ1) is 22.8. The third-order valence-electron chi connectivity index (χ3n) is 5.57. The Morgan fingerprint density at radius 2 is 1.79 bits per heavy atom. The van der Waals surface area contributed by atoms with E-state index in [4.69, 9.17) is 11.6 Å². The van der Waals surface area contributed by atoms with Crippen LogP contribution in [0.15, 0.2) is 60.0 Å². The maximum atomic E-state index is 13.3. The lowest BCUT2D eigenvalue weighted by atomic mass is 10.1. The van der Waals surface area contributed by atoms with E-state index in [0.29, 0.717) is 53.0 Å². The average molecular weight is 485 g/mol. The summed E-state index contributed by atoms with van der Waals surface area (Å²) in [5, 5.41) is 13.6. The quantitative estimate of drug-likeness (QED) is 0.391. The number of para-hydroxylation sites is 1. The lowest BCUT2D eigenvalue weighted by Crippen LogP contribution is -2.49. The summed E-state index contributed by atoms with van der Waals surface area (Å²) >= 11 is 7.27. The molecule has 2 amide bonds. The van der Waals surface area contributed by atoms with Crippen molar-refractivity contribution in [2.75, 3.05) is 43.0 Å². The van der Waals surface area contributed by atoms with Gasteiger partial charge in [-0.3, -0.25) is 19.7 Å². The number of nitrogens with zero attached hydrogens (tertiary/aromatic N) is 4. The van der Waals surface area contributed by atoms with E-state index in [1.807, 2.05) is 16.3 Å². The SMILES string of the molecule is CN(C(=O)c1cccs1)c1ccccc1C(=O)N1CCN(c2ccc(Cl)cc2[N+](=O)[O-])CC1. The van der Waals surface area contributed by atoms with Crippen LogP contribution in [0.3, 0.4) is 0 Å². The molecule has 1 aliphatic heterocycles. The highest BCUT2D eigenvalue weighted by Crippen LogP contribution is 2.32. The molecule has 0 aliphatic carbocycles. The number of rotatable bonds is 5. The van der Waals surface area contributed by atoms with Gasteiger partial charge in [-0.15, -0.1) is 11.3 Å². The summed E-state index contributed by atoms with van der Waals surface area (Å²) in [6, 6.07) is 15.2. The van der Waals surface area contributed by atoms with Crippen molar-refractivity contribution in [1.82, 2.24) is 4.90 Å². The summed E-state index contributed by atoms with van der Waals surface area (Å²) < 4.78 is 0. The molecule has 1 fully saturated rings. The number of amides is 2. The van der Waals surface area contributed by atoms with Gasteiger partial charge < -0.3 is 14.7 Å². The Kier molecular flexibility index (Phi) is 6.62. The molecule has 170 valence electrons. The lowest BCUT2D eigenvalue weighted by Gasteiger charge is -2.36. The molecule has 0 radical (unpaired) electrons. The standard InChI is InChI=1S/C23H21ClN4O4S/c1-25(23(30)21-7-4-14-33-21)18-6-3-2-5-17(18)22(29)27-12-10-26(11-13-27)19-9-8-16(24)15-20(19)28(31)32/h2-9,14-15H,10-13H2,1H3. The van der Waals surface area contributed by atoms with Crippen molar-refractivity contribution >= 4 is 51.8 Å². The Balaban J connectivity index is 1.50. The van der Waals surface area contributed by atoms with E-state index in [0.717, 1.165) is 0 Å². The molecular weight excluding hydrogens is 464 g/mol. The maximum absolute atomic E-state index is 13.3. The number of benzene rings is 2. The van der Waals surface area contributed by atoms with Crippen LogP contribution in [0.5, 0.6) is 0 Å². The minimum absolute atomic E-state index is 0.0543. The Morgan fingerprint density at radius 3 is 2.45 bits per heavy atom. The summed E-state index contributed by atoms with van der Waals surface area (Å²) in [5.41, 5.74) is 1.41. The van der Waals surface area contributed by atoms with Crippen molar-refractivity contribution in [2.45, 2.75) is 0 Å². The number of nitro benzene ring substituents is 1. The van der Waals surface area contributed by atoms with E-state index in [2.05, 4.69) is 0 Å². The van der Waals surface area contributed by atoms with E-state index >= 15 is 0 Å². The first-order valence-electron chi connectivity index (χ1n) is 10.3. The predicted octanol–water partition coefficient (Wildman–Crippen LogP) is 4.55. The molecule has 2 heterocycles. The number of carbonyl (C=O) groups is 2. The van der Waals surface area contributed by atoms with Gasteiger partial charge in [-0.2, -0.15) is 0 Å². The molecule has 10 heteroatoms. The second kappa shape index (κ2) is 9.60. The van der Waals surface area contributed by atoms with Crippen molar-refractivity contribution in [1.29, 1.82) is 0 Å². The summed E-state index contributed by atoms with van der Waals surface area (Å²) in [7, 11) is 1.66. The molecule has 0 atom stereocenters. The number of carbonyl (C=O) groups excluding carboxylic acids is 2. The minimum atomic E-state index is -0.449. The molecule has 0 bridgehead atoms. The fraction of sp³-hybridized carbons (Fsp3) is 0.217. The highest BCUT2D eigenvalue weighted by atomic mass is 35.5. The average Bonchev–Trinajstić information content (AvgIpc) is 3.38. The van der Waals surface area contributed by atoms with Crippen LogP contribution in [0.1, 0.15) is 20.0 Å². The largest absolute Gasteiger partial charge is 0.362 e. The summed E-state index contributed by atoms with van der Waals surface area (Å²) in [6.07, 6.45) is 0. The molecule has 4 rings (SSSR count). The predicted molar refractivity (Wildman–Crippen MR) is 130 cm³/mol. The molecule has 33 heavy (non-hydrogen) atoms. The van der Waals surface area contributed by atoms with Gasteiger partial charge in [0, 0.05) is 44.3 Å². The van der Waals surface area contributed by atoms with Crippen molar-refractivity contribution in [3.05, 3.63) is 85.6 Å². The Morgan fingerprint density at radius 1 is 1.06 bits per heavy atom. The Bertz CT molecular complexity index is 1190. The van der Waals surface area contributed by atoms with Crippen LogP contribution in [0.4, 0.5) is 17.1 Å². The Labute approximate surface area is 199 Å². The van der Waals surface area contributed by atoms with E-state index in [-0.39, 0.29) is 17.5 Å². The molecule has 1 aliphatic rings. The normalized spacial score (nSPS) is 13.6. The van der Waals surface area contributed by atoms with Crippen molar-refractivity contribution < 1.29 is 14.5 Å². The second-order valence-corrected chi connectivity index (χ2v) is 8.91. The lowest BCUT2D eigenvalue weighted by molar-refractivity contribution is -0.384. The highest BCUT2D eigenvalue weighted by Gasteiger charge is 2.28. The number of hydrogen-bond donors (Lipinski definition) is 0. The zero-order chi connectivity index (χ0) is 23.5. The van der Waals surface area contributed by atoms with Crippen LogP contribution in [-0.2, 0) is 0 Å². The number of hydrogen-bond acceptors (Lipinski definition) is 6. The summed E-state index contributed by atoms with van der Waals surface area (Å²) in [5.74, 6) is -0.355. The van der Waals surface area contributed by atoms with Crippen LogP contribution in [0, 0.1) is 10.1 Å². The topological polar surface area (TPSA) is 87.0 Å². The van der Waals surface area contributed by atoms with Gasteiger partial charge in [0.1, 0.15) is 5.69 Å². The molecule has 0 spiro atoms. The smallest absolute Gasteiger partial charge is 0.294 e. The number of anilines is 2. The van der Waals surface area contributed by atoms with Crippen molar-refractivity contribution in [3.8, 4) is 0 Å². The van der Waals surface area contributed by atoms with Gasteiger partial charge in [0.15, 0.2) is 0 Å². The third kappa shape index (κ3) is 4.69. The summed E-state index contributed by atoms with van der Waals surface area (Å²) in [6.45, 7) is 1.69. The van der Waals surface area contributed by atoms with Gasteiger partial charge in [0.2, 0.25) is 0 Å². The van der Waals surface area contributed by atoms with E-state index in [1.165, 1.54) is 22.3 Å². The van der Waals surface area contributed by atoms with Crippen LogP contribution >= 0.6 is 22.9 Å². The maximum Gasteiger partial charge on any atom is 0.294 e. The van der Waals surface area contributed by atoms with E-state index < -0.39 is 4.92 Å². The van der Waals surface area contributed by atoms with Crippen LogP contribution < -0.4 is 9.80 Å². The van der Waals surface area contributed by atoms with Crippen molar-refractivity contribution in [3.63, 3.8) is 0 Å².